The van der Waals surface area contributed by atoms with Crippen molar-refractivity contribution in [3.63, 3.8) is 0 Å². The highest BCUT2D eigenvalue weighted by Crippen LogP contribution is 2.26. The third-order valence-corrected chi connectivity index (χ3v) is 4.39. The van der Waals surface area contributed by atoms with Crippen LogP contribution >= 0.6 is 15.9 Å². The molecule has 0 bridgehead atoms. The Morgan fingerprint density at radius 2 is 2.25 bits per heavy atom. The lowest BCUT2D eigenvalue weighted by atomic mass is 10.1. The van der Waals surface area contributed by atoms with E-state index in [0.29, 0.717) is 6.10 Å². The maximum atomic E-state index is 5.72. The molecular weight excluding hydrogens is 316 g/mol. The summed E-state index contributed by atoms with van der Waals surface area (Å²) in [5, 5.41) is 2.01. The molecule has 0 saturated carbocycles. The van der Waals surface area contributed by atoms with Gasteiger partial charge in [0.2, 0.25) is 0 Å². The van der Waals surface area contributed by atoms with Gasteiger partial charge in [-0.15, -0.1) is 0 Å². The van der Waals surface area contributed by atoms with Crippen LogP contribution in [-0.4, -0.2) is 31.3 Å². The Kier molecular flexibility index (Phi) is 4.22. The van der Waals surface area contributed by atoms with Gasteiger partial charge in [0.15, 0.2) is 0 Å². The van der Waals surface area contributed by atoms with Crippen molar-refractivity contribution in [1.82, 2.24) is 4.98 Å². The number of anilines is 1. The number of halogens is 1. The second kappa shape index (κ2) is 6.10. The van der Waals surface area contributed by atoms with Crippen molar-refractivity contribution in [1.29, 1.82) is 0 Å². The first kappa shape index (κ1) is 13.8. The maximum Gasteiger partial charge on any atom is 0.133 e. The van der Waals surface area contributed by atoms with E-state index in [2.05, 4.69) is 52.1 Å². The number of ether oxygens (including phenoxy) is 1. The predicted octanol–water partition coefficient (Wildman–Crippen LogP) is 3.74. The van der Waals surface area contributed by atoms with E-state index in [4.69, 9.17) is 9.72 Å². The van der Waals surface area contributed by atoms with Crippen molar-refractivity contribution in [3.8, 4) is 0 Å². The normalized spacial score (nSPS) is 18.6. The molecule has 1 unspecified atom stereocenters. The van der Waals surface area contributed by atoms with Gasteiger partial charge in [-0.25, -0.2) is 4.98 Å². The minimum atomic E-state index is 0.344. The quantitative estimate of drug-likeness (QED) is 0.796. The van der Waals surface area contributed by atoms with Gasteiger partial charge >= 0.3 is 0 Å². The largest absolute Gasteiger partial charge is 0.376 e. The molecule has 0 N–H and O–H groups in total. The Hall–Kier alpha value is -1.13. The highest BCUT2D eigenvalue weighted by Gasteiger charge is 2.19. The third-order valence-electron chi connectivity index (χ3n) is 3.79. The molecular formula is C16H19BrN2O. The van der Waals surface area contributed by atoms with E-state index in [1.54, 1.807) is 0 Å². The van der Waals surface area contributed by atoms with Crippen molar-refractivity contribution in [2.45, 2.75) is 24.3 Å². The molecule has 1 fully saturated rings. The number of para-hydroxylation sites is 1. The zero-order valence-electron chi connectivity index (χ0n) is 11.7. The number of alkyl halides is 1. The van der Waals surface area contributed by atoms with E-state index in [0.717, 1.165) is 36.2 Å². The topological polar surface area (TPSA) is 25.4 Å². The average molecular weight is 335 g/mol. The fourth-order valence-corrected chi connectivity index (χ4v) is 3.17. The molecule has 3 rings (SSSR count). The van der Waals surface area contributed by atoms with Gasteiger partial charge in [0.25, 0.3) is 0 Å². The predicted molar refractivity (Wildman–Crippen MR) is 86.6 cm³/mol. The van der Waals surface area contributed by atoms with Gasteiger partial charge in [0, 0.05) is 36.5 Å². The molecule has 1 aromatic heterocycles. The minimum absolute atomic E-state index is 0.344. The monoisotopic (exact) mass is 334 g/mol. The Morgan fingerprint density at radius 3 is 3.00 bits per heavy atom. The number of aromatic nitrogens is 1. The number of nitrogens with zero attached hydrogens (tertiary/aromatic N) is 2. The minimum Gasteiger partial charge on any atom is -0.376 e. The van der Waals surface area contributed by atoms with Crippen LogP contribution in [0.1, 0.15) is 18.4 Å². The standard InChI is InChI=1S/C16H19BrN2O/c1-19(11-14-6-4-8-20-14)16-13(10-17)9-12-5-2-3-7-15(12)18-16/h2-3,5,7,9,14H,4,6,8,10-11H2,1H3. The highest BCUT2D eigenvalue weighted by molar-refractivity contribution is 9.08. The molecule has 0 radical (unpaired) electrons. The number of pyridine rings is 1. The van der Waals surface area contributed by atoms with Crippen molar-refractivity contribution in [3.05, 3.63) is 35.9 Å². The number of hydrogen-bond acceptors (Lipinski definition) is 3. The van der Waals surface area contributed by atoms with Gasteiger partial charge in [-0.05, 0) is 25.0 Å². The van der Waals surface area contributed by atoms with Crippen LogP contribution in [0, 0.1) is 0 Å². The molecule has 106 valence electrons. The van der Waals surface area contributed by atoms with E-state index >= 15 is 0 Å². The van der Waals surface area contributed by atoms with Crippen molar-refractivity contribution >= 4 is 32.7 Å². The molecule has 4 heteroatoms. The SMILES string of the molecule is CN(CC1CCCO1)c1nc2ccccc2cc1CBr. The summed E-state index contributed by atoms with van der Waals surface area (Å²) in [5.41, 5.74) is 2.27. The smallest absolute Gasteiger partial charge is 0.133 e. The molecule has 1 atom stereocenters. The second-order valence-electron chi connectivity index (χ2n) is 5.31. The summed E-state index contributed by atoms with van der Waals surface area (Å²) in [4.78, 5) is 7.05. The van der Waals surface area contributed by atoms with Crippen molar-refractivity contribution < 1.29 is 4.74 Å². The number of rotatable bonds is 4. The summed E-state index contributed by atoms with van der Waals surface area (Å²) in [6, 6.07) is 10.5. The van der Waals surface area contributed by atoms with Crippen LogP contribution in [0.5, 0.6) is 0 Å². The fraction of sp³-hybridized carbons (Fsp3) is 0.438. The lowest BCUT2D eigenvalue weighted by Crippen LogP contribution is -2.29. The summed E-state index contributed by atoms with van der Waals surface area (Å²) >= 11 is 3.58. The molecule has 2 heterocycles. The highest BCUT2D eigenvalue weighted by atomic mass is 79.9. The van der Waals surface area contributed by atoms with E-state index in [1.165, 1.54) is 17.4 Å². The van der Waals surface area contributed by atoms with Crippen LogP contribution in [0.2, 0.25) is 0 Å². The van der Waals surface area contributed by atoms with Crippen LogP contribution < -0.4 is 4.90 Å². The maximum absolute atomic E-state index is 5.72. The van der Waals surface area contributed by atoms with Crippen LogP contribution in [0.15, 0.2) is 30.3 Å². The molecule has 1 saturated heterocycles. The first-order chi connectivity index (χ1) is 9.78. The Balaban J connectivity index is 1.91. The molecule has 1 aromatic carbocycles. The Morgan fingerprint density at radius 1 is 1.40 bits per heavy atom. The first-order valence-electron chi connectivity index (χ1n) is 7.05. The molecule has 2 aromatic rings. The second-order valence-corrected chi connectivity index (χ2v) is 5.87. The van der Waals surface area contributed by atoms with Crippen molar-refractivity contribution in [2.75, 3.05) is 25.1 Å². The summed E-state index contributed by atoms with van der Waals surface area (Å²) in [6.45, 7) is 1.81. The zero-order valence-corrected chi connectivity index (χ0v) is 13.3. The average Bonchev–Trinajstić information content (AvgIpc) is 2.98. The van der Waals surface area contributed by atoms with Crippen molar-refractivity contribution in [2.24, 2.45) is 0 Å². The van der Waals surface area contributed by atoms with Gasteiger partial charge < -0.3 is 9.64 Å². The summed E-state index contributed by atoms with van der Waals surface area (Å²) < 4.78 is 5.72. The van der Waals surface area contributed by atoms with Crippen LogP contribution in [0.4, 0.5) is 5.82 Å². The third kappa shape index (κ3) is 2.81. The fourth-order valence-electron chi connectivity index (χ4n) is 2.76. The number of likely N-dealkylation sites (N-methyl/N-ethyl adjacent to an activating group) is 1. The Bertz CT molecular complexity index is 596. The van der Waals surface area contributed by atoms with Gasteiger partial charge in [-0.1, -0.05) is 34.1 Å². The van der Waals surface area contributed by atoms with Crippen LogP contribution in [-0.2, 0) is 10.1 Å². The molecule has 0 amide bonds. The molecule has 1 aliphatic rings. The molecule has 1 aliphatic heterocycles. The van der Waals surface area contributed by atoms with Gasteiger partial charge in [0.1, 0.15) is 5.82 Å². The first-order valence-corrected chi connectivity index (χ1v) is 8.17. The summed E-state index contributed by atoms with van der Waals surface area (Å²) in [7, 11) is 2.10. The number of benzene rings is 1. The molecule has 20 heavy (non-hydrogen) atoms. The number of fused-ring (bicyclic) bond motifs is 1. The van der Waals surface area contributed by atoms with E-state index in [1.807, 2.05) is 6.07 Å². The van der Waals surface area contributed by atoms with Crippen LogP contribution in [0.25, 0.3) is 10.9 Å². The molecule has 0 spiro atoms. The molecule has 0 aliphatic carbocycles. The van der Waals surface area contributed by atoms with E-state index in [9.17, 15) is 0 Å². The van der Waals surface area contributed by atoms with E-state index < -0.39 is 0 Å². The van der Waals surface area contributed by atoms with Gasteiger partial charge in [-0.3, -0.25) is 0 Å². The molecule has 3 nitrogen and oxygen atoms in total. The van der Waals surface area contributed by atoms with Gasteiger partial charge in [0.05, 0.1) is 11.6 Å². The zero-order chi connectivity index (χ0) is 13.9. The van der Waals surface area contributed by atoms with Gasteiger partial charge in [-0.2, -0.15) is 0 Å². The number of hydrogen-bond donors (Lipinski definition) is 0. The lowest BCUT2D eigenvalue weighted by Gasteiger charge is -2.24. The van der Waals surface area contributed by atoms with Crippen LogP contribution in [0.3, 0.4) is 0 Å². The summed E-state index contributed by atoms with van der Waals surface area (Å²) in [6.07, 6.45) is 2.67. The Labute approximate surface area is 128 Å². The summed E-state index contributed by atoms with van der Waals surface area (Å²) in [5.74, 6) is 1.05. The lowest BCUT2D eigenvalue weighted by molar-refractivity contribution is 0.116. The van der Waals surface area contributed by atoms with E-state index in [-0.39, 0.29) is 0 Å².